The van der Waals surface area contributed by atoms with Gasteiger partial charge in [-0.15, -0.1) is 11.3 Å². The molecule has 90 valence electrons. The van der Waals surface area contributed by atoms with Gasteiger partial charge in [0.2, 0.25) is 0 Å². The Labute approximate surface area is 114 Å². The van der Waals surface area contributed by atoms with E-state index >= 15 is 0 Å². The molecule has 2 aromatic heterocycles. The zero-order valence-electron chi connectivity index (χ0n) is 9.69. The van der Waals surface area contributed by atoms with Crippen molar-refractivity contribution in [1.82, 2.24) is 10.3 Å². The third-order valence-electron chi connectivity index (χ3n) is 2.52. The number of thiophene rings is 1. The van der Waals surface area contributed by atoms with Crippen molar-refractivity contribution >= 4 is 27.3 Å². The lowest BCUT2D eigenvalue weighted by atomic mass is 10.1. The fraction of sp³-hybridized carbons (Fsp3) is 0.308. The van der Waals surface area contributed by atoms with Crippen molar-refractivity contribution in [2.75, 3.05) is 6.54 Å². The molecule has 0 saturated heterocycles. The Hall–Kier alpha value is -0.710. The molecule has 2 rings (SSSR count). The summed E-state index contributed by atoms with van der Waals surface area (Å²) in [7, 11) is 0. The van der Waals surface area contributed by atoms with E-state index in [1.165, 1.54) is 14.9 Å². The fourth-order valence-corrected chi connectivity index (χ4v) is 3.41. The first-order chi connectivity index (χ1) is 8.33. The molecule has 2 heterocycles. The van der Waals surface area contributed by atoms with E-state index in [4.69, 9.17) is 0 Å². The molecule has 0 aromatic carbocycles. The lowest BCUT2D eigenvalue weighted by Gasteiger charge is -2.17. The van der Waals surface area contributed by atoms with Gasteiger partial charge in [0.1, 0.15) is 0 Å². The molecule has 0 saturated carbocycles. The van der Waals surface area contributed by atoms with E-state index in [0.717, 1.165) is 13.0 Å². The van der Waals surface area contributed by atoms with Crippen LogP contribution in [0.15, 0.2) is 40.4 Å². The second-order valence-electron chi connectivity index (χ2n) is 3.81. The van der Waals surface area contributed by atoms with Crippen molar-refractivity contribution < 1.29 is 0 Å². The maximum atomic E-state index is 4.20. The SMILES string of the molecule is CCCNC(c1cccnc1)c1sccc1Br. The molecule has 2 nitrogen and oxygen atoms in total. The van der Waals surface area contributed by atoms with Crippen molar-refractivity contribution in [1.29, 1.82) is 0 Å². The van der Waals surface area contributed by atoms with Gasteiger partial charge in [0, 0.05) is 21.7 Å². The average Bonchev–Trinajstić information content (AvgIpc) is 2.78. The smallest absolute Gasteiger partial charge is 0.0697 e. The van der Waals surface area contributed by atoms with Crippen LogP contribution in [-0.2, 0) is 0 Å². The molecule has 0 fully saturated rings. The molecule has 4 heteroatoms. The van der Waals surface area contributed by atoms with E-state index in [0.29, 0.717) is 0 Å². The molecule has 0 aliphatic rings. The second-order valence-corrected chi connectivity index (χ2v) is 5.61. The highest BCUT2D eigenvalue weighted by molar-refractivity contribution is 9.10. The maximum Gasteiger partial charge on any atom is 0.0697 e. The van der Waals surface area contributed by atoms with Gasteiger partial charge in [-0.2, -0.15) is 0 Å². The summed E-state index contributed by atoms with van der Waals surface area (Å²) in [6.07, 6.45) is 4.86. The van der Waals surface area contributed by atoms with Gasteiger partial charge in [-0.05, 0) is 52.0 Å². The highest BCUT2D eigenvalue weighted by Crippen LogP contribution is 2.32. The van der Waals surface area contributed by atoms with E-state index < -0.39 is 0 Å². The normalized spacial score (nSPS) is 12.6. The Morgan fingerprint density at radius 1 is 1.47 bits per heavy atom. The summed E-state index contributed by atoms with van der Waals surface area (Å²) in [6, 6.07) is 6.43. The maximum absolute atomic E-state index is 4.20. The molecule has 0 radical (unpaired) electrons. The predicted molar refractivity (Wildman–Crippen MR) is 76.4 cm³/mol. The van der Waals surface area contributed by atoms with Crippen LogP contribution < -0.4 is 5.32 Å². The van der Waals surface area contributed by atoms with Crippen LogP contribution in [0, 0.1) is 0 Å². The molecule has 0 aliphatic heterocycles. The van der Waals surface area contributed by atoms with Crippen molar-refractivity contribution in [3.8, 4) is 0 Å². The lowest BCUT2D eigenvalue weighted by Crippen LogP contribution is -2.22. The Kier molecular flexibility index (Phi) is 4.71. The van der Waals surface area contributed by atoms with Crippen LogP contribution in [0.4, 0.5) is 0 Å². The first kappa shape index (κ1) is 12.7. The number of hydrogen-bond donors (Lipinski definition) is 1. The number of rotatable bonds is 5. The Morgan fingerprint density at radius 3 is 2.94 bits per heavy atom. The number of aromatic nitrogens is 1. The standard InChI is InChI=1S/C13H15BrN2S/c1-2-6-16-12(10-4-3-7-15-9-10)13-11(14)5-8-17-13/h3-5,7-9,12,16H,2,6H2,1H3. The Morgan fingerprint density at radius 2 is 2.35 bits per heavy atom. The van der Waals surface area contributed by atoms with Gasteiger partial charge in [-0.25, -0.2) is 0 Å². The summed E-state index contributed by atoms with van der Waals surface area (Å²) in [4.78, 5) is 5.51. The summed E-state index contributed by atoms with van der Waals surface area (Å²) >= 11 is 5.37. The average molecular weight is 311 g/mol. The molecular weight excluding hydrogens is 296 g/mol. The fourth-order valence-electron chi connectivity index (χ4n) is 1.71. The Bertz CT molecular complexity index is 455. The van der Waals surface area contributed by atoms with Crippen LogP contribution in [0.2, 0.25) is 0 Å². The topological polar surface area (TPSA) is 24.9 Å². The summed E-state index contributed by atoms with van der Waals surface area (Å²) in [6.45, 7) is 3.18. The first-order valence-corrected chi connectivity index (χ1v) is 7.36. The summed E-state index contributed by atoms with van der Waals surface area (Å²) in [5, 5.41) is 5.68. The van der Waals surface area contributed by atoms with E-state index in [9.17, 15) is 0 Å². The van der Waals surface area contributed by atoms with Crippen LogP contribution in [0.1, 0.15) is 29.8 Å². The zero-order valence-corrected chi connectivity index (χ0v) is 12.1. The van der Waals surface area contributed by atoms with E-state index in [1.807, 2.05) is 18.5 Å². The van der Waals surface area contributed by atoms with Gasteiger partial charge in [0.15, 0.2) is 0 Å². The predicted octanol–water partition coefficient (Wildman–Crippen LogP) is 3.99. The molecule has 0 bridgehead atoms. The van der Waals surface area contributed by atoms with Gasteiger partial charge >= 0.3 is 0 Å². The first-order valence-electron chi connectivity index (χ1n) is 5.69. The zero-order chi connectivity index (χ0) is 12.1. The summed E-state index contributed by atoms with van der Waals surface area (Å²) in [5.74, 6) is 0. The lowest BCUT2D eigenvalue weighted by molar-refractivity contribution is 0.603. The van der Waals surface area contributed by atoms with Crippen molar-refractivity contribution in [2.45, 2.75) is 19.4 Å². The molecule has 1 unspecified atom stereocenters. The second kappa shape index (κ2) is 6.28. The number of nitrogens with zero attached hydrogens (tertiary/aromatic N) is 1. The molecule has 0 aliphatic carbocycles. The number of hydrogen-bond acceptors (Lipinski definition) is 3. The minimum atomic E-state index is 0.234. The van der Waals surface area contributed by atoms with Crippen LogP contribution in [-0.4, -0.2) is 11.5 Å². The van der Waals surface area contributed by atoms with Crippen molar-refractivity contribution in [2.24, 2.45) is 0 Å². The van der Waals surface area contributed by atoms with Gasteiger partial charge < -0.3 is 5.32 Å². The van der Waals surface area contributed by atoms with Crippen LogP contribution >= 0.6 is 27.3 Å². The number of nitrogens with one attached hydrogen (secondary N) is 1. The molecule has 17 heavy (non-hydrogen) atoms. The summed E-state index contributed by atoms with van der Waals surface area (Å²) in [5.41, 5.74) is 1.21. The molecule has 0 amide bonds. The van der Waals surface area contributed by atoms with Gasteiger partial charge in [-0.3, -0.25) is 4.98 Å². The molecule has 0 spiro atoms. The van der Waals surface area contributed by atoms with Crippen molar-refractivity contribution in [3.63, 3.8) is 0 Å². The Balaban J connectivity index is 2.29. The van der Waals surface area contributed by atoms with Gasteiger partial charge in [0.25, 0.3) is 0 Å². The third kappa shape index (κ3) is 3.15. The summed E-state index contributed by atoms with van der Waals surface area (Å²) < 4.78 is 1.17. The highest BCUT2D eigenvalue weighted by Gasteiger charge is 2.17. The number of pyridine rings is 1. The van der Waals surface area contributed by atoms with Crippen molar-refractivity contribution in [3.05, 3.63) is 50.9 Å². The molecule has 2 aromatic rings. The monoisotopic (exact) mass is 310 g/mol. The largest absolute Gasteiger partial charge is 0.306 e. The molecule has 1 N–H and O–H groups in total. The van der Waals surface area contributed by atoms with E-state index in [1.54, 1.807) is 11.3 Å². The molecular formula is C13H15BrN2S. The van der Waals surface area contributed by atoms with Crippen LogP contribution in [0.5, 0.6) is 0 Å². The van der Waals surface area contributed by atoms with Gasteiger partial charge in [-0.1, -0.05) is 13.0 Å². The van der Waals surface area contributed by atoms with E-state index in [-0.39, 0.29) is 6.04 Å². The quantitative estimate of drug-likeness (QED) is 0.903. The van der Waals surface area contributed by atoms with Crippen LogP contribution in [0.3, 0.4) is 0 Å². The van der Waals surface area contributed by atoms with Crippen LogP contribution in [0.25, 0.3) is 0 Å². The third-order valence-corrected chi connectivity index (χ3v) is 4.46. The minimum absolute atomic E-state index is 0.234. The minimum Gasteiger partial charge on any atom is -0.306 e. The van der Waals surface area contributed by atoms with E-state index in [2.05, 4.69) is 50.7 Å². The number of halogens is 1. The van der Waals surface area contributed by atoms with Gasteiger partial charge in [0.05, 0.1) is 6.04 Å². The molecule has 1 atom stereocenters. The highest BCUT2D eigenvalue weighted by atomic mass is 79.9.